The molecular weight excluding hydrogens is 526 g/mol. The molecule has 8 rings (SSSR count). The Kier molecular flexibility index (Phi) is 6.05. The fourth-order valence-electron chi connectivity index (χ4n) is 5.62. The van der Waals surface area contributed by atoms with E-state index in [9.17, 15) is 0 Å². The van der Waals surface area contributed by atoms with Crippen LogP contribution >= 0.6 is 0 Å². The van der Waals surface area contributed by atoms with Crippen LogP contribution in [0.2, 0.25) is 0 Å². The van der Waals surface area contributed by atoms with Gasteiger partial charge in [-0.25, -0.2) is 19.9 Å². The lowest BCUT2D eigenvalue weighted by molar-refractivity contribution is 1.05. The molecule has 0 fully saturated rings. The van der Waals surface area contributed by atoms with Crippen LogP contribution in [0.3, 0.4) is 0 Å². The first-order valence-electron chi connectivity index (χ1n) is 14.2. The van der Waals surface area contributed by atoms with Crippen molar-refractivity contribution in [1.29, 1.82) is 0 Å². The van der Waals surface area contributed by atoms with Gasteiger partial charge in [-0.15, -0.1) is 0 Å². The Bertz CT molecular complexity index is 2150. The molecule has 3 aromatic heterocycles. The summed E-state index contributed by atoms with van der Waals surface area (Å²) in [5.74, 6) is 2.68. The van der Waals surface area contributed by atoms with Crippen molar-refractivity contribution in [2.45, 2.75) is 0 Å². The second-order valence-corrected chi connectivity index (χ2v) is 10.4. The smallest absolute Gasteiger partial charge is 0.165 e. The molecule has 202 valence electrons. The lowest BCUT2D eigenvalue weighted by Crippen LogP contribution is -2.01. The molecule has 0 spiro atoms. The minimum Gasteiger partial charge on any atom is -0.294 e. The second kappa shape index (κ2) is 10.5. The summed E-state index contributed by atoms with van der Waals surface area (Å²) >= 11 is 0. The van der Waals surface area contributed by atoms with Crippen LogP contribution in [0.4, 0.5) is 0 Å². The van der Waals surface area contributed by atoms with Crippen molar-refractivity contribution in [3.05, 3.63) is 152 Å². The van der Waals surface area contributed by atoms with E-state index in [1.165, 1.54) is 21.9 Å². The Balaban J connectivity index is 1.26. The number of benzene rings is 5. The highest BCUT2D eigenvalue weighted by Crippen LogP contribution is 2.34. The minimum absolute atomic E-state index is 0.584. The number of fused-ring (bicyclic) bond motifs is 3. The van der Waals surface area contributed by atoms with E-state index < -0.39 is 0 Å². The molecule has 5 nitrogen and oxygen atoms in total. The highest BCUT2D eigenvalue weighted by atomic mass is 15.1. The van der Waals surface area contributed by atoms with Gasteiger partial charge in [0.25, 0.3) is 0 Å². The van der Waals surface area contributed by atoms with Gasteiger partial charge in [-0.2, -0.15) is 0 Å². The zero-order valence-electron chi connectivity index (χ0n) is 23.2. The Hall–Kier alpha value is -5.94. The van der Waals surface area contributed by atoms with E-state index in [0.29, 0.717) is 17.5 Å². The van der Waals surface area contributed by atoms with E-state index in [2.05, 4.69) is 71.3 Å². The van der Waals surface area contributed by atoms with Gasteiger partial charge in [-0.05, 0) is 35.4 Å². The number of rotatable bonds is 5. The topological polar surface area (TPSA) is 56.5 Å². The number of pyridine rings is 1. The van der Waals surface area contributed by atoms with E-state index >= 15 is 0 Å². The van der Waals surface area contributed by atoms with E-state index in [4.69, 9.17) is 19.9 Å². The van der Waals surface area contributed by atoms with Crippen molar-refractivity contribution in [2.75, 3.05) is 0 Å². The van der Waals surface area contributed by atoms with Crippen molar-refractivity contribution in [3.8, 4) is 51.1 Å². The van der Waals surface area contributed by atoms with Crippen LogP contribution in [0.5, 0.6) is 0 Å². The van der Waals surface area contributed by atoms with Gasteiger partial charge in [0, 0.05) is 33.7 Å². The van der Waals surface area contributed by atoms with E-state index in [1.807, 2.05) is 85.1 Å². The van der Waals surface area contributed by atoms with Gasteiger partial charge in [-0.1, -0.05) is 121 Å². The first kappa shape index (κ1) is 24.8. The Morgan fingerprint density at radius 1 is 0.372 bits per heavy atom. The van der Waals surface area contributed by atoms with Gasteiger partial charge >= 0.3 is 0 Å². The zero-order chi connectivity index (χ0) is 28.6. The molecule has 5 heteroatoms. The van der Waals surface area contributed by atoms with Crippen LogP contribution in [0.1, 0.15) is 0 Å². The third kappa shape index (κ3) is 4.53. The molecule has 5 aromatic carbocycles. The van der Waals surface area contributed by atoms with E-state index in [1.54, 1.807) is 0 Å². The summed E-state index contributed by atoms with van der Waals surface area (Å²) in [5.41, 5.74) is 7.27. The van der Waals surface area contributed by atoms with Gasteiger partial charge < -0.3 is 0 Å². The largest absolute Gasteiger partial charge is 0.294 e. The molecule has 0 aliphatic rings. The summed E-state index contributed by atoms with van der Waals surface area (Å²) in [4.78, 5) is 19.5. The average molecular weight is 552 g/mol. The first-order chi connectivity index (χ1) is 21.3. The molecule has 43 heavy (non-hydrogen) atoms. The molecule has 0 bridgehead atoms. The first-order valence-corrected chi connectivity index (χ1v) is 14.2. The molecule has 8 aromatic rings. The third-order valence-electron chi connectivity index (χ3n) is 7.72. The highest BCUT2D eigenvalue weighted by Gasteiger charge is 2.16. The molecule has 0 saturated carbocycles. The second-order valence-electron chi connectivity index (χ2n) is 10.4. The molecule has 3 heterocycles. The van der Waals surface area contributed by atoms with Crippen LogP contribution in [0.25, 0.3) is 72.9 Å². The maximum Gasteiger partial charge on any atom is 0.165 e. The predicted molar refractivity (Wildman–Crippen MR) is 174 cm³/mol. The SMILES string of the molecule is c1ccc(-c2ccc3c4ccccc4n(-c4ccc(-c5nc(-c6ccccc6)nc(-c6ccccc6)n5)cn4)c3c2)cc1. The van der Waals surface area contributed by atoms with Crippen LogP contribution in [-0.2, 0) is 0 Å². The minimum atomic E-state index is 0.584. The van der Waals surface area contributed by atoms with Gasteiger partial charge in [0.2, 0.25) is 0 Å². The van der Waals surface area contributed by atoms with Gasteiger partial charge in [0.15, 0.2) is 17.5 Å². The maximum absolute atomic E-state index is 4.97. The summed E-state index contributed by atoms with van der Waals surface area (Å²) in [6.07, 6.45) is 1.86. The van der Waals surface area contributed by atoms with Crippen LogP contribution in [0, 0.1) is 0 Å². The van der Waals surface area contributed by atoms with Crippen molar-refractivity contribution in [2.24, 2.45) is 0 Å². The average Bonchev–Trinajstić information content (AvgIpc) is 3.43. The van der Waals surface area contributed by atoms with Gasteiger partial charge in [0.1, 0.15) is 5.82 Å². The van der Waals surface area contributed by atoms with Crippen molar-refractivity contribution >= 4 is 21.8 Å². The predicted octanol–water partition coefficient (Wildman–Crippen LogP) is 9.03. The molecule has 0 atom stereocenters. The number of hydrogen-bond donors (Lipinski definition) is 0. The lowest BCUT2D eigenvalue weighted by atomic mass is 10.0. The standard InChI is InChI=1S/C38H25N5/c1-4-12-26(13-5-1)29-20-22-32-31-18-10-11-19-33(31)43(34(32)24-29)35-23-21-30(25-39-35)38-41-36(27-14-6-2-7-15-27)40-37(42-38)28-16-8-3-9-17-28/h1-25H. The monoisotopic (exact) mass is 551 g/mol. The summed E-state index contributed by atoms with van der Waals surface area (Å²) in [7, 11) is 0. The molecule has 0 unspecified atom stereocenters. The summed E-state index contributed by atoms with van der Waals surface area (Å²) < 4.78 is 2.24. The van der Waals surface area contributed by atoms with E-state index in [0.717, 1.165) is 33.5 Å². The summed E-state index contributed by atoms with van der Waals surface area (Å²) in [6.45, 7) is 0. The van der Waals surface area contributed by atoms with Crippen molar-refractivity contribution < 1.29 is 0 Å². The highest BCUT2D eigenvalue weighted by molar-refractivity contribution is 6.10. The fraction of sp³-hybridized carbons (Fsp3) is 0. The molecule has 0 radical (unpaired) electrons. The normalized spacial score (nSPS) is 11.3. The lowest BCUT2D eigenvalue weighted by Gasteiger charge is -2.10. The van der Waals surface area contributed by atoms with Crippen LogP contribution < -0.4 is 0 Å². The Morgan fingerprint density at radius 2 is 0.884 bits per heavy atom. The molecular formula is C38H25N5. The van der Waals surface area contributed by atoms with Crippen LogP contribution in [0.15, 0.2) is 152 Å². The molecule has 0 saturated heterocycles. The zero-order valence-corrected chi connectivity index (χ0v) is 23.2. The Labute approximate surface area is 248 Å². The molecule has 0 aliphatic carbocycles. The van der Waals surface area contributed by atoms with Crippen molar-refractivity contribution in [1.82, 2.24) is 24.5 Å². The summed E-state index contributed by atoms with van der Waals surface area (Å²) in [6, 6.07) is 49.7. The molecule has 0 amide bonds. The van der Waals surface area contributed by atoms with Crippen molar-refractivity contribution in [3.63, 3.8) is 0 Å². The Morgan fingerprint density at radius 3 is 1.49 bits per heavy atom. The molecule has 0 N–H and O–H groups in total. The quantitative estimate of drug-likeness (QED) is 0.214. The van der Waals surface area contributed by atoms with Gasteiger partial charge in [0.05, 0.1) is 11.0 Å². The number of para-hydroxylation sites is 1. The number of aromatic nitrogens is 5. The van der Waals surface area contributed by atoms with Gasteiger partial charge in [-0.3, -0.25) is 4.57 Å². The third-order valence-corrected chi connectivity index (χ3v) is 7.72. The molecule has 0 aliphatic heterocycles. The maximum atomic E-state index is 4.97. The fourth-order valence-corrected chi connectivity index (χ4v) is 5.62. The van der Waals surface area contributed by atoms with Crippen LogP contribution in [-0.4, -0.2) is 24.5 Å². The van der Waals surface area contributed by atoms with E-state index in [-0.39, 0.29) is 0 Å². The number of nitrogens with zero attached hydrogens (tertiary/aromatic N) is 5. The number of hydrogen-bond acceptors (Lipinski definition) is 4. The summed E-state index contributed by atoms with van der Waals surface area (Å²) in [5, 5.41) is 2.39.